The first-order chi connectivity index (χ1) is 12.5. The van der Waals surface area contributed by atoms with Crippen molar-refractivity contribution in [1.82, 2.24) is 10.6 Å². The number of hydrogen-bond acceptors (Lipinski definition) is 2. The van der Waals surface area contributed by atoms with E-state index in [-0.39, 0.29) is 17.6 Å². The van der Waals surface area contributed by atoms with E-state index in [1.54, 1.807) is 36.4 Å². The lowest BCUT2D eigenvalue weighted by molar-refractivity contribution is -0.129. The Bertz CT molecular complexity index is 786. The zero-order valence-electron chi connectivity index (χ0n) is 14.2. The van der Waals surface area contributed by atoms with Gasteiger partial charge in [-0.05, 0) is 54.8 Å². The molecule has 0 atom stereocenters. The number of carbonyl (C=O) groups excluding carboxylic acids is 2. The van der Waals surface area contributed by atoms with Crippen molar-refractivity contribution < 1.29 is 14.0 Å². The van der Waals surface area contributed by atoms with Crippen LogP contribution in [0.15, 0.2) is 48.5 Å². The molecule has 2 aromatic carbocycles. The van der Waals surface area contributed by atoms with Crippen LogP contribution in [0.4, 0.5) is 4.39 Å². The van der Waals surface area contributed by atoms with Gasteiger partial charge in [-0.25, -0.2) is 4.39 Å². The number of rotatable bonds is 6. The van der Waals surface area contributed by atoms with Crippen molar-refractivity contribution in [2.75, 3.05) is 13.1 Å². The second-order valence-corrected chi connectivity index (χ2v) is 6.90. The summed E-state index contributed by atoms with van der Waals surface area (Å²) >= 11 is 5.80. The van der Waals surface area contributed by atoms with E-state index in [2.05, 4.69) is 10.6 Å². The smallest absolute Gasteiger partial charge is 0.251 e. The molecule has 0 aliphatic heterocycles. The van der Waals surface area contributed by atoms with Crippen LogP contribution < -0.4 is 10.6 Å². The fourth-order valence-electron chi connectivity index (χ4n) is 3.17. The Balaban J connectivity index is 1.51. The van der Waals surface area contributed by atoms with Crippen molar-refractivity contribution in [3.63, 3.8) is 0 Å². The van der Waals surface area contributed by atoms with Gasteiger partial charge in [-0.3, -0.25) is 9.59 Å². The van der Waals surface area contributed by atoms with Gasteiger partial charge < -0.3 is 10.6 Å². The fourth-order valence-corrected chi connectivity index (χ4v) is 3.30. The summed E-state index contributed by atoms with van der Waals surface area (Å²) in [5, 5.41) is 6.22. The van der Waals surface area contributed by atoms with Crippen LogP contribution >= 0.6 is 11.6 Å². The molecule has 0 unspecified atom stereocenters. The molecule has 0 bridgehead atoms. The summed E-state index contributed by atoms with van der Waals surface area (Å²) in [5.74, 6) is -0.600. The molecule has 4 nitrogen and oxygen atoms in total. The van der Waals surface area contributed by atoms with Gasteiger partial charge in [0, 0.05) is 23.7 Å². The molecule has 1 saturated carbocycles. The summed E-state index contributed by atoms with van der Waals surface area (Å²) in [7, 11) is 0. The third-order valence-electron chi connectivity index (χ3n) is 4.84. The lowest BCUT2D eigenvalue weighted by Crippen LogP contribution is -2.50. The highest BCUT2D eigenvalue weighted by Crippen LogP contribution is 2.43. The molecule has 0 spiro atoms. The second kappa shape index (κ2) is 7.87. The molecule has 0 aromatic heterocycles. The van der Waals surface area contributed by atoms with Gasteiger partial charge in [0.1, 0.15) is 5.82 Å². The van der Waals surface area contributed by atoms with Crippen LogP contribution in [-0.4, -0.2) is 24.9 Å². The predicted octanol–water partition coefficient (Wildman–Crippen LogP) is 3.45. The van der Waals surface area contributed by atoms with Crippen molar-refractivity contribution in [2.45, 2.75) is 24.7 Å². The van der Waals surface area contributed by atoms with Crippen molar-refractivity contribution in [2.24, 2.45) is 0 Å². The molecule has 136 valence electrons. The highest BCUT2D eigenvalue weighted by Gasteiger charge is 2.45. The maximum Gasteiger partial charge on any atom is 0.251 e. The highest BCUT2D eigenvalue weighted by molar-refractivity contribution is 6.30. The van der Waals surface area contributed by atoms with E-state index < -0.39 is 5.41 Å². The Kier molecular flexibility index (Phi) is 5.57. The minimum atomic E-state index is -0.576. The van der Waals surface area contributed by atoms with Gasteiger partial charge in [-0.15, -0.1) is 0 Å². The molecule has 6 heteroatoms. The van der Waals surface area contributed by atoms with Crippen molar-refractivity contribution >= 4 is 23.4 Å². The average molecular weight is 375 g/mol. The molecule has 1 aliphatic rings. The van der Waals surface area contributed by atoms with Gasteiger partial charge in [0.25, 0.3) is 5.91 Å². The molecule has 26 heavy (non-hydrogen) atoms. The third-order valence-corrected chi connectivity index (χ3v) is 5.09. The number of hydrogen-bond donors (Lipinski definition) is 2. The Labute approximate surface area is 156 Å². The Morgan fingerprint density at radius 1 is 0.962 bits per heavy atom. The van der Waals surface area contributed by atoms with Gasteiger partial charge in [0.2, 0.25) is 5.91 Å². The summed E-state index contributed by atoms with van der Waals surface area (Å²) in [6.07, 6.45) is 2.47. The van der Waals surface area contributed by atoms with Crippen LogP contribution in [0.2, 0.25) is 5.02 Å². The van der Waals surface area contributed by atoms with Crippen LogP contribution in [0.5, 0.6) is 0 Å². The SMILES string of the molecule is O=C(NCCNC(=O)C1(c2ccc(F)cc2)CCC1)c1ccc(Cl)cc1. The Hall–Kier alpha value is -2.40. The second-order valence-electron chi connectivity index (χ2n) is 6.46. The van der Waals surface area contributed by atoms with Gasteiger partial charge in [-0.2, -0.15) is 0 Å². The van der Waals surface area contributed by atoms with E-state index in [0.29, 0.717) is 23.7 Å². The number of carbonyl (C=O) groups is 2. The van der Waals surface area contributed by atoms with Crippen molar-refractivity contribution in [1.29, 1.82) is 0 Å². The maximum absolute atomic E-state index is 13.1. The third kappa shape index (κ3) is 3.88. The fraction of sp³-hybridized carbons (Fsp3) is 0.300. The summed E-state index contributed by atoms with van der Waals surface area (Å²) < 4.78 is 13.1. The topological polar surface area (TPSA) is 58.2 Å². The van der Waals surface area contributed by atoms with E-state index >= 15 is 0 Å². The Morgan fingerprint density at radius 2 is 1.58 bits per heavy atom. The molecule has 0 saturated heterocycles. The standard InChI is InChI=1S/C20H20ClFN2O2/c21-16-6-2-14(3-7-16)18(25)23-12-13-24-19(26)20(10-1-11-20)15-4-8-17(22)9-5-15/h2-9H,1,10-13H2,(H,23,25)(H,24,26). The zero-order chi connectivity index (χ0) is 18.6. The number of benzene rings is 2. The molecule has 2 N–H and O–H groups in total. The maximum atomic E-state index is 13.1. The average Bonchev–Trinajstić information content (AvgIpc) is 2.60. The quantitative estimate of drug-likeness (QED) is 0.761. The van der Waals surface area contributed by atoms with E-state index in [0.717, 1.165) is 24.8 Å². The molecule has 1 fully saturated rings. The van der Waals surface area contributed by atoms with Crippen LogP contribution in [0.25, 0.3) is 0 Å². The summed E-state index contributed by atoms with van der Waals surface area (Å²) in [4.78, 5) is 24.7. The van der Waals surface area contributed by atoms with E-state index in [1.165, 1.54) is 12.1 Å². The molecular formula is C20H20ClFN2O2. The van der Waals surface area contributed by atoms with E-state index in [1.807, 2.05) is 0 Å². The largest absolute Gasteiger partial charge is 0.354 e. The predicted molar refractivity (Wildman–Crippen MR) is 98.7 cm³/mol. The summed E-state index contributed by atoms with van der Waals surface area (Å²) in [5.41, 5.74) is 0.781. The van der Waals surface area contributed by atoms with Gasteiger partial charge in [0.05, 0.1) is 5.41 Å². The highest BCUT2D eigenvalue weighted by atomic mass is 35.5. The Morgan fingerprint density at radius 3 is 2.15 bits per heavy atom. The molecule has 0 heterocycles. The first kappa shape index (κ1) is 18.4. The summed E-state index contributed by atoms with van der Waals surface area (Å²) in [6.45, 7) is 0.661. The molecule has 3 rings (SSSR count). The molecule has 2 amide bonds. The molecule has 1 aliphatic carbocycles. The van der Waals surface area contributed by atoms with Gasteiger partial charge >= 0.3 is 0 Å². The zero-order valence-corrected chi connectivity index (χ0v) is 15.0. The summed E-state index contributed by atoms with van der Waals surface area (Å²) in [6, 6.07) is 12.7. The van der Waals surface area contributed by atoms with Gasteiger partial charge in [0.15, 0.2) is 0 Å². The lowest BCUT2D eigenvalue weighted by Gasteiger charge is -2.40. The van der Waals surface area contributed by atoms with Crippen LogP contribution in [-0.2, 0) is 10.2 Å². The first-order valence-electron chi connectivity index (χ1n) is 8.59. The van der Waals surface area contributed by atoms with Crippen LogP contribution in [0.3, 0.4) is 0 Å². The molecule has 2 aromatic rings. The van der Waals surface area contributed by atoms with Crippen LogP contribution in [0, 0.1) is 5.82 Å². The minimum absolute atomic E-state index is 0.0731. The van der Waals surface area contributed by atoms with E-state index in [4.69, 9.17) is 11.6 Å². The van der Waals surface area contributed by atoms with Crippen molar-refractivity contribution in [3.05, 3.63) is 70.5 Å². The van der Waals surface area contributed by atoms with E-state index in [9.17, 15) is 14.0 Å². The van der Waals surface area contributed by atoms with Crippen LogP contribution in [0.1, 0.15) is 35.2 Å². The number of nitrogens with one attached hydrogen (secondary N) is 2. The van der Waals surface area contributed by atoms with Gasteiger partial charge in [-0.1, -0.05) is 30.2 Å². The normalized spacial score (nSPS) is 15.0. The number of amides is 2. The monoisotopic (exact) mass is 374 g/mol. The minimum Gasteiger partial charge on any atom is -0.354 e. The lowest BCUT2D eigenvalue weighted by atomic mass is 9.64. The molecular weight excluding hydrogens is 355 g/mol. The number of halogens is 2. The molecule has 0 radical (unpaired) electrons. The van der Waals surface area contributed by atoms with Crippen molar-refractivity contribution in [3.8, 4) is 0 Å². The first-order valence-corrected chi connectivity index (χ1v) is 8.97.